The summed E-state index contributed by atoms with van der Waals surface area (Å²) < 4.78 is 6.14. The van der Waals surface area contributed by atoms with Gasteiger partial charge in [-0.3, -0.25) is 9.78 Å². The van der Waals surface area contributed by atoms with Crippen molar-refractivity contribution in [1.29, 1.82) is 0 Å². The van der Waals surface area contributed by atoms with E-state index < -0.39 is 0 Å². The summed E-state index contributed by atoms with van der Waals surface area (Å²) in [6, 6.07) is 13.5. The Labute approximate surface area is 151 Å². The molecule has 1 aliphatic rings. The van der Waals surface area contributed by atoms with E-state index in [9.17, 15) is 4.79 Å². The SMILES string of the molecule is O=C(NC1CCC(Oc2ccc3ncccc3c2)CC1)c1cccnn1. The van der Waals surface area contributed by atoms with E-state index in [1.807, 2.05) is 30.3 Å². The van der Waals surface area contributed by atoms with Gasteiger partial charge in [0.1, 0.15) is 5.75 Å². The highest BCUT2D eigenvalue weighted by molar-refractivity contribution is 5.92. The van der Waals surface area contributed by atoms with E-state index in [0.29, 0.717) is 5.69 Å². The summed E-state index contributed by atoms with van der Waals surface area (Å²) in [5.41, 5.74) is 1.32. The maximum atomic E-state index is 12.2. The molecule has 0 bridgehead atoms. The number of amides is 1. The van der Waals surface area contributed by atoms with Gasteiger partial charge in [0.15, 0.2) is 5.69 Å². The number of ether oxygens (including phenoxy) is 1. The number of hydrogen-bond acceptors (Lipinski definition) is 5. The number of pyridine rings is 1. The largest absolute Gasteiger partial charge is 0.490 e. The predicted molar refractivity (Wildman–Crippen MR) is 97.9 cm³/mol. The molecule has 0 aliphatic heterocycles. The van der Waals surface area contributed by atoms with E-state index in [2.05, 4.69) is 20.5 Å². The molecule has 0 radical (unpaired) electrons. The smallest absolute Gasteiger partial charge is 0.272 e. The number of nitrogens with one attached hydrogen (secondary N) is 1. The minimum atomic E-state index is -0.163. The summed E-state index contributed by atoms with van der Waals surface area (Å²) in [5, 5.41) is 11.7. The van der Waals surface area contributed by atoms with Gasteiger partial charge in [0.2, 0.25) is 0 Å². The summed E-state index contributed by atoms with van der Waals surface area (Å²) >= 11 is 0. The van der Waals surface area contributed by atoms with E-state index in [-0.39, 0.29) is 18.1 Å². The third-order valence-corrected chi connectivity index (χ3v) is 4.69. The zero-order valence-electron chi connectivity index (χ0n) is 14.3. The molecular formula is C20H20N4O2. The number of rotatable bonds is 4. The Bertz CT molecular complexity index is 892. The van der Waals surface area contributed by atoms with Crippen LogP contribution in [-0.2, 0) is 0 Å². The normalized spacial score (nSPS) is 19.8. The fraction of sp³-hybridized carbons (Fsp3) is 0.300. The number of carbonyl (C=O) groups is 1. The van der Waals surface area contributed by atoms with Crippen molar-refractivity contribution in [2.45, 2.75) is 37.8 Å². The molecule has 26 heavy (non-hydrogen) atoms. The molecule has 132 valence electrons. The molecule has 1 aromatic carbocycles. The second-order valence-corrected chi connectivity index (χ2v) is 6.53. The van der Waals surface area contributed by atoms with Crippen LogP contribution in [0, 0.1) is 0 Å². The number of aromatic nitrogens is 3. The third-order valence-electron chi connectivity index (χ3n) is 4.69. The number of hydrogen-bond donors (Lipinski definition) is 1. The molecule has 3 aromatic rings. The van der Waals surface area contributed by atoms with Crippen LogP contribution in [0.1, 0.15) is 36.2 Å². The number of nitrogens with zero attached hydrogens (tertiary/aromatic N) is 3. The summed E-state index contributed by atoms with van der Waals surface area (Å²) in [6.07, 6.45) is 7.14. The molecule has 6 nitrogen and oxygen atoms in total. The molecule has 1 N–H and O–H groups in total. The van der Waals surface area contributed by atoms with Crippen molar-refractivity contribution >= 4 is 16.8 Å². The lowest BCUT2D eigenvalue weighted by Gasteiger charge is -2.29. The van der Waals surface area contributed by atoms with Gasteiger partial charge in [-0.15, -0.1) is 5.10 Å². The molecule has 6 heteroatoms. The number of benzene rings is 1. The van der Waals surface area contributed by atoms with Gasteiger partial charge >= 0.3 is 0 Å². The summed E-state index contributed by atoms with van der Waals surface area (Å²) in [6.45, 7) is 0. The van der Waals surface area contributed by atoms with Crippen molar-refractivity contribution in [3.05, 3.63) is 60.6 Å². The van der Waals surface area contributed by atoms with Crippen LogP contribution in [0.5, 0.6) is 5.75 Å². The molecule has 0 spiro atoms. The zero-order chi connectivity index (χ0) is 17.8. The van der Waals surface area contributed by atoms with Crippen molar-refractivity contribution in [2.75, 3.05) is 0 Å². The predicted octanol–water partition coefficient (Wildman–Crippen LogP) is 3.14. The monoisotopic (exact) mass is 348 g/mol. The van der Waals surface area contributed by atoms with Crippen LogP contribution in [0.25, 0.3) is 10.9 Å². The summed E-state index contributed by atoms with van der Waals surface area (Å²) in [4.78, 5) is 16.5. The first-order valence-electron chi connectivity index (χ1n) is 8.88. The van der Waals surface area contributed by atoms with E-state index >= 15 is 0 Å². The summed E-state index contributed by atoms with van der Waals surface area (Å²) in [7, 11) is 0. The highest BCUT2D eigenvalue weighted by Gasteiger charge is 2.24. The Morgan fingerprint density at radius 3 is 2.69 bits per heavy atom. The van der Waals surface area contributed by atoms with Gasteiger partial charge in [-0.05, 0) is 62.1 Å². The van der Waals surface area contributed by atoms with E-state index in [4.69, 9.17) is 4.74 Å². The van der Waals surface area contributed by atoms with E-state index in [1.165, 1.54) is 0 Å². The van der Waals surface area contributed by atoms with Gasteiger partial charge in [0, 0.05) is 23.8 Å². The molecule has 1 amide bonds. The van der Waals surface area contributed by atoms with Gasteiger partial charge in [0.25, 0.3) is 5.91 Å². The first kappa shape index (κ1) is 16.4. The fourth-order valence-electron chi connectivity index (χ4n) is 3.33. The van der Waals surface area contributed by atoms with Crippen molar-refractivity contribution < 1.29 is 9.53 Å². The van der Waals surface area contributed by atoms with Crippen LogP contribution in [0.15, 0.2) is 54.9 Å². The van der Waals surface area contributed by atoms with Crippen LogP contribution in [0.3, 0.4) is 0 Å². The maximum Gasteiger partial charge on any atom is 0.272 e. The third kappa shape index (κ3) is 3.79. The first-order valence-corrected chi connectivity index (χ1v) is 8.88. The van der Waals surface area contributed by atoms with Gasteiger partial charge in [-0.25, -0.2) is 0 Å². The first-order chi connectivity index (χ1) is 12.8. The maximum absolute atomic E-state index is 12.2. The average molecular weight is 348 g/mol. The Morgan fingerprint density at radius 2 is 1.88 bits per heavy atom. The minimum absolute atomic E-state index is 0.158. The lowest BCUT2D eigenvalue weighted by molar-refractivity contribution is 0.0888. The van der Waals surface area contributed by atoms with Crippen LogP contribution in [0.2, 0.25) is 0 Å². The molecule has 0 saturated heterocycles. The molecule has 2 heterocycles. The lowest BCUT2D eigenvalue weighted by Crippen LogP contribution is -2.40. The number of fused-ring (bicyclic) bond motifs is 1. The Balaban J connectivity index is 1.31. The second kappa shape index (κ2) is 7.47. The van der Waals surface area contributed by atoms with Crippen LogP contribution >= 0.6 is 0 Å². The Morgan fingerprint density at radius 1 is 1.04 bits per heavy atom. The molecule has 1 saturated carbocycles. The van der Waals surface area contributed by atoms with Crippen molar-refractivity contribution in [1.82, 2.24) is 20.5 Å². The quantitative estimate of drug-likeness (QED) is 0.784. The molecule has 2 aromatic heterocycles. The second-order valence-electron chi connectivity index (χ2n) is 6.53. The zero-order valence-corrected chi connectivity index (χ0v) is 14.3. The van der Waals surface area contributed by atoms with Crippen molar-refractivity contribution in [2.24, 2.45) is 0 Å². The average Bonchev–Trinajstić information content (AvgIpc) is 2.70. The van der Waals surface area contributed by atoms with Gasteiger partial charge in [-0.2, -0.15) is 5.10 Å². The molecule has 1 fully saturated rings. The van der Waals surface area contributed by atoms with Gasteiger partial charge in [-0.1, -0.05) is 6.07 Å². The van der Waals surface area contributed by atoms with Gasteiger partial charge < -0.3 is 10.1 Å². The molecule has 0 unspecified atom stereocenters. The number of carbonyl (C=O) groups excluding carboxylic acids is 1. The fourth-order valence-corrected chi connectivity index (χ4v) is 3.33. The van der Waals surface area contributed by atoms with E-state index in [1.54, 1.807) is 24.5 Å². The Hall–Kier alpha value is -3.02. The Kier molecular flexibility index (Phi) is 4.73. The molecule has 1 aliphatic carbocycles. The van der Waals surface area contributed by atoms with Crippen LogP contribution in [-0.4, -0.2) is 33.2 Å². The van der Waals surface area contributed by atoms with Gasteiger partial charge in [0.05, 0.1) is 11.6 Å². The topological polar surface area (TPSA) is 77.0 Å². The molecule has 0 atom stereocenters. The van der Waals surface area contributed by atoms with Crippen molar-refractivity contribution in [3.63, 3.8) is 0 Å². The highest BCUT2D eigenvalue weighted by atomic mass is 16.5. The highest BCUT2D eigenvalue weighted by Crippen LogP contribution is 2.26. The van der Waals surface area contributed by atoms with E-state index in [0.717, 1.165) is 42.3 Å². The molecule has 4 rings (SSSR count). The van der Waals surface area contributed by atoms with Crippen LogP contribution < -0.4 is 10.1 Å². The lowest BCUT2D eigenvalue weighted by atomic mass is 9.92. The molecular weight excluding hydrogens is 328 g/mol. The van der Waals surface area contributed by atoms with Crippen molar-refractivity contribution in [3.8, 4) is 5.75 Å². The minimum Gasteiger partial charge on any atom is -0.490 e. The summed E-state index contributed by atoms with van der Waals surface area (Å²) in [5.74, 6) is 0.710. The van der Waals surface area contributed by atoms with Crippen LogP contribution in [0.4, 0.5) is 0 Å². The standard InChI is InChI=1S/C20H20N4O2/c25-20(19-4-2-12-22-24-19)23-15-5-7-16(8-6-15)26-17-9-10-18-14(13-17)3-1-11-21-18/h1-4,9-13,15-16H,5-8H2,(H,23,25).